The van der Waals surface area contributed by atoms with Crippen LogP contribution < -0.4 is 4.90 Å². The molecule has 0 fully saturated rings. The normalized spacial score (nSPS) is 13.4. The van der Waals surface area contributed by atoms with E-state index >= 15 is 0 Å². The number of benzene rings is 2. The molecule has 3 rings (SSSR count). The number of hydrogen-bond acceptors (Lipinski definition) is 4. The lowest BCUT2D eigenvalue weighted by atomic mass is 10.1. The van der Waals surface area contributed by atoms with Gasteiger partial charge in [-0.15, -0.1) is 0 Å². The molecule has 2 amide bonds. The maximum absolute atomic E-state index is 12.7. The molecule has 2 aromatic rings. The smallest absolute Gasteiger partial charge is 0.268 e. The average molecular weight is 375 g/mol. The highest BCUT2D eigenvalue weighted by Gasteiger charge is 2.42. The lowest BCUT2D eigenvalue weighted by Gasteiger charge is -2.17. The van der Waals surface area contributed by atoms with Crippen molar-refractivity contribution < 1.29 is 14.5 Å². The highest BCUT2D eigenvalue weighted by molar-refractivity contribution is 9.10. The molecule has 6 nitrogen and oxygen atoms in total. The van der Waals surface area contributed by atoms with Gasteiger partial charge in [0.15, 0.2) is 0 Å². The van der Waals surface area contributed by atoms with Crippen molar-refractivity contribution in [2.45, 2.75) is 13.3 Å². The van der Waals surface area contributed by atoms with Crippen LogP contribution in [-0.4, -0.2) is 16.7 Å². The van der Waals surface area contributed by atoms with E-state index in [1.165, 1.54) is 18.2 Å². The first-order valence-electron chi connectivity index (χ1n) is 6.90. The van der Waals surface area contributed by atoms with Gasteiger partial charge in [0.05, 0.1) is 16.2 Å². The van der Waals surface area contributed by atoms with Crippen molar-refractivity contribution in [1.29, 1.82) is 0 Å². The van der Waals surface area contributed by atoms with Crippen LogP contribution in [-0.2, 0) is 6.42 Å². The van der Waals surface area contributed by atoms with Gasteiger partial charge < -0.3 is 0 Å². The van der Waals surface area contributed by atoms with Crippen LogP contribution in [0.15, 0.2) is 40.9 Å². The highest BCUT2D eigenvalue weighted by Crippen LogP contribution is 2.36. The number of anilines is 1. The molecule has 116 valence electrons. The van der Waals surface area contributed by atoms with Crippen molar-refractivity contribution in [2.75, 3.05) is 4.90 Å². The topological polar surface area (TPSA) is 80.5 Å². The van der Waals surface area contributed by atoms with Gasteiger partial charge in [-0.2, -0.15) is 0 Å². The van der Waals surface area contributed by atoms with E-state index in [1.54, 1.807) is 12.1 Å². The standard InChI is InChI=1S/C16H11BrN2O4/c1-2-9-8-10(17)6-7-12(9)18-15(20)11-4-3-5-13(19(22)23)14(11)16(18)21/h3-8H,2H2,1H3. The fourth-order valence-electron chi connectivity index (χ4n) is 2.69. The molecule has 0 saturated carbocycles. The number of amides is 2. The van der Waals surface area contributed by atoms with Gasteiger partial charge in [0, 0.05) is 10.5 Å². The van der Waals surface area contributed by atoms with Crippen molar-refractivity contribution in [3.05, 3.63) is 67.7 Å². The van der Waals surface area contributed by atoms with Crippen LogP contribution in [0, 0.1) is 10.1 Å². The second-order valence-electron chi connectivity index (χ2n) is 5.03. The van der Waals surface area contributed by atoms with Crippen LogP contribution in [0.3, 0.4) is 0 Å². The van der Waals surface area contributed by atoms with E-state index < -0.39 is 16.7 Å². The van der Waals surface area contributed by atoms with E-state index in [0.29, 0.717) is 12.1 Å². The second-order valence-corrected chi connectivity index (χ2v) is 5.94. The zero-order chi connectivity index (χ0) is 16.7. The molecule has 0 saturated heterocycles. The molecular formula is C16H11BrN2O4. The molecule has 0 radical (unpaired) electrons. The molecule has 0 aliphatic carbocycles. The van der Waals surface area contributed by atoms with E-state index in [4.69, 9.17) is 0 Å². The van der Waals surface area contributed by atoms with Gasteiger partial charge >= 0.3 is 0 Å². The molecule has 1 heterocycles. The van der Waals surface area contributed by atoms with Crippen LogP contribution >= 0.6 is 15.9 Å². The summed E-state index contributed by atoms with van der Waals surface area (Å²) in [5, 5.41) is 11.1. The number of nitro benzene ring substituents is 1. The molecule has 1 aliphatic rings. The summed E-state index contributed by atoms with van der Waals surface area (Å²) in [6.45, 7) is 1.91. The van der Waals surface area contributed by atoms with Gasteiger partial charge in [-0.3, -0.25) is 19.7 Å². The summed E-state index contributed by atoms with van der Waals surface area (Å²) in [5.41, 5.74) is 0.827. The minimum Gasteiger partial charge on any atom is -0.268 e. The number of halogens is 1. The molecule has 7 heteroatoms. The number of rotatable bonds is 3. The van der Waals surface area contributed by atoms with Crippen molar-refractivity contribution in [2.24, 2.45) is 0 Å². The second kappa shape index (κ2) is 5.58. The van der Waals surface area contributed by atoms with E-state index in [1.807, 2.05) is 13.0 Å². The van der Waals surface area contributed by atoms with E-state index in [2.05, 4.69) is 15.9 Å². The number of carbonyl (C=O) groups excluding carboxylic acids is 2. The molecular weight excluding hydrogens is 364 g/mol. The Morgan fingerprint density at radius 1 is 1.17 bits per heavy atom. The number of imide groups is 1. The molecule has 0 bridgehead atoms. The average Bonchev–Trinajstić information content (AvgIpc) is 2.79. The lowest BCUT2D eigenvalue weighted by Crippen LogP contribution is -2.30. The van der Waals surface area contributed by atoms with E-state index in [9.17, 15) is 19.7 Å². The van der Waals surface area contributed by atoms with Crippen molar-refractivity contribution in [1.82, 2.24) is 0 Å². The first kappa shape index (κ1) is 15.4. The summed E-state index contributed by atoms with van der Waals surface area (Å²) < 4.78 is 0.834. The van der Waals surface area contributed by atoms with Crippen molar-refractivity contribution in [3.8, 4) is 0 Å². The third-order valence-corrected chi connectivity index (χ3v) is 4.25. The Morgan fingerprint density at radius 3 is 2.57 bits per heavy atom. The summed E-state index contributed by atoms with van der Waals surface area (Å²) in [6, 6.07) is 9.30. The van der Waals surface area contributed by atoms with Crippen LogP contribution in [0.25, 0.3) is 0 Å². The zero-order valence-corrected chi connectivity index (χ0v) is 13.7. The van der Waals surface area contributed by atoms with Gasteiger partial charge in [0.2, 0.25) is 0 Å². The summed E-state index contributed by atoms with van der Waals surface area (Å²) in [5.74, 6) is -1.19. The minimum absolute atomic E-state index is 0.0640. The number of carbonyl (C=O) groups is 2. The quantitative estimate of drug-likeness (QED) is 0.465. The maximum Gasteiger partial charge on any atom is 0.283 e. The van der Waals surface area contributed by atoms with Gasteiger partial charge in [0.25, 0.3) is 17.5 Å². The summed E-state index contributed by atoms with van der Waals surface area (Å²) in [6.07, 6.45) is 0.615. The first-order valence-corrected chi connectivity index (χ1v) is 7.69. The largest absolute Gasteiger partial charge is 0.283 e. The number of fused-ring (bicyclic) bond motifs is 1. The Hall–Kier alpha value is -2.54. The predicted octanol–water partition coefficient (Wildman–Crippen LogP) is 3.72. The molecule has 1 aliphatic heterocycles. The Balaban J connectivity index is 2.19. The minimum atomic E-state index is -0.658. The Morgan fingerprint density at radius 2 is 1.91 bits per heavy atom. The molecule has 0 atom stereocenters. The predicted molar refractivity (Wildman–Crippen MR) is 87.8 cm³/mol. The van der Waals surface area contributed by atoms with Crippen LogP contribution in [0.5, 0.6) is 0 Å². The van der Waals surface area contributed by atoms with Crippen LogP contribution in [0.1, 0.15) is 33.2 Å². The van der Waals surface area contributed by atoms with Crippen LogP contribution in [0.4, 0.5) is 11.4 Å². The Kier molecular flexibility index (Phi) is 3.73. The molecule has 0 spiro atoms. The highest BCUT2D eigenvalue weighted by atomic mass is 79.9. The summed E-state index contributed by atoms with van der Waals surface area (Å²) in [7, 11) is 0. The van der Waals surface area contributed by atoms with Crippen molar-refractivity contribution in [3.63, 3.8) is 0 Å². The number of nitrogens with zero attached hydrogens (tertiary/aromatic N) is 2. The van der Waals surface area contributed by atoms with Gasteiger partial charge in [-0.25, -0.2) is 4.90 Å². The Labute approximate surface area is 140 Å². The van der Waals surface area contributed by atoms with Gasteiger partial charge in [-0.05, 0) is 36.2 Å². The Bertz CT molecular complexity index is 863. The molecule has 0 aromatic heterocycles. The van der Waals surface area contributed by atoms with Gasteiger partial charge in [-0.1, -0.05) is 28.9 Å². The third kappa shape index (κ3) is 2.33. The molecule has 0 unspecified atom stereocenters. The fourth-order valence-corrected chi connectivity index (χ4v) is 3.10. The zero-order valence-electron chi connectivity index (χ0n) is 12.1. The first-order chi connectivity index (χ1) is 11.0. The van der Waals surface area contributed by atoms with Crippen molar-refractivity contribution >= 4 is 39.1 Å². The molecule has 2 aromatic carbocycles. The monoisotopic (exact) mass is 374 g/mol. The molecule has 0 N–H and O–H groups in total. The summed E-state index contributed by atoms with van der Waals surface area (Å²) >= 11 is 3.36. The molecule has 23 heavy (non-hydrogen) atoms. The van der Waals surface area contributed by atoms with Crippen LogP contribution in [0.2, 0.25) is 0 Å². The maximum atomic E-state index is 12.7. The number of aryl methyl sites for hydroxylation is 1. The fraction of sp³-hybridized carbons (Fsp3) is 0.125. The lowest BCUT2D eigenvalue weighted by molar-refractivity contribution is -0.385. The van der Waals surface area contributed by atoms with Gasteiger partial charge in [0.1, 0.15) is 5.56 Å². The number of nitro groups is 1. The SMILES string of the molecule is CCc1cc(Br)ccc1N1C(=O)c2cccc([N+](=O)[O-])c2C1=O. The van der Waals surface area contributed by atoms with E-state index in [0.717, 1.165) is 14.9 Å². The number of hydrogen-bond donors (Lipinski definition) is 0. The summed E-state index contributed by atoms with van der Waals surface area (Å²) in [4.78, 5) is 36.8. The third-order valence-electron chi connectivity index (χ3n) is 3.75. The van der Waals surface area contributed by atoms with E-state index in [-0.39, 0.29) is 16.8 Å².